The van der Waals surface area contributed by atoms with Crippen molar-refractivity contribution in [2.24, 2.45) is 5.92 Å². The van der Waals surface area contributed by atoms with Gasteiger partial charge in [-0.3, -0.25) is 4.79 Å². The van der Waals surface area contributed by atoms with Gasteiger partial charge in [-0.25, -0.2) is 0 Å². The van der Waals surface area contributed by atoms with Crippen molar-refractivity contribution in [2.75, 3.05) is 6.61 Å². The summed E-state index contributed by atoms with van der Waals surface area (Å²) in [5, 5.41) is 11.1. The number of halogens is 2. The molecule has 0 saturated heterocycles. The highest BCUT2D eigenvalue weighted by molar-refractivity contribution is 5.79. The van der Waals surface area contributed by atoms with E-state index in [0.29, 0.717) is 6.42 Å². The van der Waals surface area contributed by atoms with Gasteiger partial charge in [-0.15, -0.1) is 0 Å². The molecule has 2 unspecified atom stereocenters. The van der Waals surface area contributed by atoms with Crippen LogP contribution in [0.4, 0.5) is 8.78 Å². The van der Waals surface area contributed by atoms with E-state index in [1.807, 2.05) is 0 Å². The van der Waals surface area contributed by atoms with E-state index < -0.39 is 12.3 Å². The molecule has 5 heteroatoms. The Kier molecular flexibility index (Phi) is 3.59. The van der Waals surface area contributed by atoms with Gasteiger partial charge >= 0.3 is 6.43 Å². The lowest BCUT2D eigenvalue weighted by atomic mass is 10.1. The Bertz CT molecular complexity index is 187. The van der Waals surface area contributed by atoms with E-state index in [2.05, 4.69) is 5.32 Å². The van der Waals surface area contributed by atoms with Gasteiger partial charge in [-0.1, -0.05) is 6.42 Å². The van der Waals surface area contributed by atoms with Crippen molar-refractivity contribution in [3.8, 4) is 0 Å². The Morgan fingerprint density at radius 1 is 1.54 bits per heavy atom. The molecule has 2 atom stereocenters. The highest BCUT2D eigenvalue weighted by atomic mass is 19.3. The zero-order valence-corrected chi connectivity index (χ0v) is 7.17. The maximum atomic E-state index is 11.8. The van der Waals surface area contributed by atoms with Gasteiger partial charge in [0, 0.05) is 18.6 Å². The minimum absolute atomic E-state index is 0.0474. The molecular weight excluding hydrogens is 180 g/mol. The third kappa shape index (κ3) is 2.62. The molecule has 1 aliphatic carbocycles. The van der Waals surface area contributed by atoms with Crippen LogP contribution in [0.1, 0.15) is 19.3 Å². The van der Waals surface area contributed by atoms with E-state index in [0.717, 1.165) is 12.8 Å². The molecule has 1 rings (SSSR count). The van der Waals surface area contributed by atoms with Gasteiger partial charge in [0.25, 0.3) is 5.91 Å². The number of hydrogen-bond acceptors (Lipinski definition) is 2. The second kappa shape index (κ2) is 4.50. The molecule has 1 amide bonds. The summed E-state index contributed by atoms with van der Waals surface area (Å²) in [6, 6.07) is -0.272. The van der Waals surface area contributed by atoms with Gasteiger partial charge in [-0.2, -0.15) is 8.78 Å². The molecule has 0 bridgehead atoms. The molecule has 0 radical (unpaired) electrons. The first-order valence-electron chi connectivity index (χ1n) is 4.34. The minimum Gasteiger partial charge on any atom is -0.396 e. The fourth-order valence-electron chi connectivity index (χ4n) is 1.69. The van der Waals surface area contributed by atoms with Crippen LogP contribution in [0.3, 0.4) is 0 Å². The number of aliphatic hydroxyl groups excluding tert-OH is 1. The first-order chi connectivity index (χ1) is 6.15. The Morgan fingerprint density at radius 3 is 2.77 bits per heavy atom. The summed E-state index contributed by atoms with van der Waals surface area (Å²) < 4.78 is 23.7. The van der Waals surface area contributed by atoms with Crippen molar-refractivity contribution < 1.29 is 18.7 Å². The Labute approximate surface area is 75.1 Å². The van der Waals surface area contributed by atoms with Crippen molar-refractivity contribution in [3.05, 3.63) is 0 Å². The van der Waals surface area contributed by atoms with Crippen LogP contribution in [-0.2, 0) is 4.79 Å². The standard InChI is InChI=1S/C8H13F2NO2/c9-7(10)8(13)11-6-3-1-2-5(6)4-12/h5-7,12H,1-4H2,(H,11,13). The van der Waals surface area contributed by atoms with Crippen molar-refractivity contribution in [2.45, 2.75) is 31.7 Å². The predicted molar refractivity (Wildman–Crippen MR) is 42.4 cm³/mol. The normalized spacial score (nSPS) is 28.0. The molecule has 0 spiro atoms. The number of aliphatic hydroxyl groups is 1. The van der Waals surface area contributed by atoms with Crippen molar-refractivity contribution in [3.63, 3.8) is 0 Å². The molecule has 2 N–H and O–H groups in total. The average Bonchev–Trinajstić information content (AvgIpc) is 2.51. The van der Waals surface area contributed by atoms with E-state index >= 15 is 0 Å². The van der Waals surface area contributed by atoms with E-state index in [-0.39, 0.29) is 18.6 Å². The fourth-order valence-corrected chi connectivity index (χ4v) is 1.69. The Hall–Kier alpha value is -0.710. The maximum absolute atomic E-state index is 11.8. The molecule has 76 valence electrons. The van der Waals surface area contributed by atoms with Gasteiger partial charge in [0.05, 0.1) is 0 Å². The van der Waals surface area contributed by atoms with E-state index in [1.54, 1.807) is 0 Å². The molecule has 1 aliphatic rings. The molecule has 1 saturated carbocycles. The van der Waals surface area contributed by atoms with Gasteiger partial charge in [0.2, 0.25) is 0 Å². The lowest BCUT2D eigenvalue weighted by Gasteiger charge is -2.18. The second-order valence-corrected chi connectivity index (χ2v) is 3.29. The van der Waals surface area contributed by atoms with Crippen LogP contribution >= 0.6 is 0 Å². The number of carbonyl (C=O) groups is 1. The molecule has 0 aromatic rings. The van der Waals surface area contributed by atoms with Crippen LogP contribution in [0.5, 0.6) is 0 Å². The van der Waals surface area contributed by atoms with Gasteiger partial charge in [0.1, 0.15) is 0 Å². The topological polar surface area (TPSA) is 49.3 Å². The second-order valence-electron chi connectivity index (χ2n) is 3.29. The predicted octanol–water partition coefficient (Wildman–Crippen LogP) is 0.529. The summed E-state index contributed by atoms with van der Waals surface area (Å²) in [6.45, 7) is -0.0474. The van der Waals surface area contributed by atoms with E-state index in [1.165, 1.54) is 0 Å². The number of nitrogens with one attached hydrogen (secondary N) is 1. The number of amides is 1. The van der Waals surface area contributed by atoms with Crippen LogP contribution in [0.25, 0.3) is 0 Å². The monoisotopic (exact) mass is 193 g/mol. The molecule has 0 aromatic carbocycles. The molecule has 3 nitrogen and oxygen atoms in total. The number of rotatable bonds is 3. The lowest BCUT2D eigenvalue weighted by molar-refractivity contribution is -0.132. The van der Waals surface area contributed by atoms with Gasteiger partial charge in [0.15, 0.2) is 0 Å². The molecule has 1 fully saturated rings. The summed E-state index contributed by atoms with van der Waals surface area (Å²) in [6.07, 6.45) is -0.603. The van der Waals surface area contributed by atoms with Crippen molar-refractivity contribution in [1.82, 2.24) is 5.32 Å². The zero-order valence-electron chi connectivity index (χ0n) is 7.17. The third-order valence-electron chi connectivity index (χ3n) is 2.42. The summed E-state index contributed by atoms with van der Waals surface area (Å²) in [5.74, 6) is -1.28. The fraction of sp³-hybridized carbons (Fsp3) is 0.875. The molecule has 0 aliphatic heterocycles. The SMILES string of the molecule is O=C(NC1CCCC1CO)C(F)F. The highest BCUT2D eigenvalue weighted by Gasteiger charge is 2.29. The average molecular weight is 193 g/mol. The Morgan fingerprint density at radius 2 is 2.23 bits per heavy atom. The van der Waals surface area contributed by atoms with E-state index in [9.17, 15) is 13.6 Å². The maximum Gasteiger partial charge on any atom is 0.315 e. The zero-order chi connectivity index (χ0) is 9.84. The molecule has 0 aromatic heterocycles. The first kappa shape index (κ1) is 10.4. The number of hydrogen-bond donors (Lipinski definition) is 2. The molecule has 13 heavy (non-hydrogen) atoms. The first-order valence-corrected chi connectivity index (χ1v) is 4.34. The summed E-state index contributed by atoms with van der Waals surface area (Å²) in [5.41, 5.74) is 0. The highest BCUT2D eigenvalue weighted by Crippen LogP contribution is 2.25. The largest absolute Gasteiger partial charge is 0.396 e. The van der Waals surface area contributed by atoms with E-state index in [4.69, 9.17) is 5.11 Å². The van der Waals surface area contributed by atoms with Crippen LogP contribution in [-0.4, -0.2) is 30.1 Å². The van der Waals surface area contributed by atoms with Gasteiger partial charge in [-0.05, 0) is 12.8 Å². The quantitative estimate of drug-likeness (QED) is 0.686. The van der Waals surface area contributed by atoms with Crippen molar-refractivity contribution in [1.29, 1.82) is 0 Å². The summed E-state index contributed by atoms with van der Waals surface area (Å²) in [4.78, 5) is 10.6. The Balaban J connectivity index is 2.39. The smallest absolute Gasteiger partial charge is 0.315 e. The molecule has 0 heterocycles. The van der Waals surface area contributed by atoms with Gasteiger partial charge < -0.3 is 10.4 Å². The minimum atomic E-state index is -2.96. The number of alkyl halides is 2. The summed E-state index contributed by atoms with van der Waals surface area (Å²) in [7, 11) is 0. The van der Waals surface area contributed by atoms with Crippen LogP contribution in [0.2, 0.25) is 0 Å². The summed E-state index contributed by atoms with van der Waals surface area (Å²) >= 11 is 0. The molecular formula is C8H13F2NO2. The third-order valence-corrected chi connectivity index (χ3v) is 2.42. The van der Waals surface area contributed by atoms with Crippen molar-refractivity contribution >= 4 is 5.91 Å². The number of carbonyl (C=O) groups excluding carboxylic acids is 1. The van der Waals surface area contributed by atoms with Crippen LogP contribution in [0, 0.1) is 5.92 Å². The van der Waals surface area contributed by atoms with Crippen LogP contribution < -0.4 is 5.32 Å². The lowest BCUT2D eigenvalue weighted by Crippen LogP contribution is -2.41. The van der Waals surface area contributed by atoms with Crippen LogP contribution in [0.15, 0.2) is 0 Å².